The van der Waals surface area contributed by atoms with Crippen molar-refractivity contribution in [2.45, 2.75) is 20.0 Å². The molecule has 0 aliphatic carbocycles. The number of hydrogen-bond donors (Lipinski definition) is 0. The fourth-order valence-electron chi connectivity index (χ4n) is 3.53. The van der Waals surface area contributed by atoms with Gasteiger partial charge in [-0.05, 0) is 36.8 Å². The number of rotatable bonds is 7. The van der Waals surface area contributed by atoms with E-state index in [2.05, 4.69) is 4.98 Å². The van der Waals surface area contributed by atoms with Crippen LogP contribution in [0.2, 0.25) is 0 Å². The highest BCUT2D eigenvalue weighted by Gasteiger charge is 2.19. The Bertz CT molecular complexity index is 1320. The lowest BCUT2D eigenvalue weighted by Gasteiger charge is -2.13. The molecule has 8 heteroatoms. The molecular formula is C23H24N4O4. The number of nitrogens with zero attached hydrogens (tertiary/aromatic N) is 4. The van der Waals surface area contributed by atoms with Crippen LogP contribution in [0.1, 0.15) is 11.1 Å². The van der Waals surface area contributed by atoms with Crippen molar-refractivity contribution >= 4 is 11.2 Å². The molecule has 4 aromatic rings. The van der Waals surface area contributed by atoms with E-state index in [4.69, 9.17) is 9.47 Å². The van der Waals surface area contributed by atoms with Crippen LogP contribution < -0.4 is 16.0 Å². The van der Waals surface area contributed by atoms with E-state index in [1.807, 2.05) is 55.5 Å². The van der Waals surface area contributed by atoms with Crippen LogP contribution in [0.5, 0.6) is 5.75 Å². The third-order valence-corrected chi connectivity index (χ3v) is 5.22. The average molecular weight is 420 g/mol. The lowest BCUT2D eigenvalue weighted by atomic mass is 10.2. The summed E-state index contributed by atoms with van der Waals surface area (Å²) in [4.78, 5) is 31.0. The molecule has 8 nitrogen and oxygen atoms in total. The number of benzene rings is 2. The molecular weight excluding hydrogens is 396 g/mol. The molecule has 0 spiro atoms. The minimum absolute atomic E-state index is 0.156. The highest BCUT2D eigenvalue weighted by Crippen LogP contribution is 2.17. The van der Waals surface area contributed by atoms with Crippen molar-refractivity contribution in [2.75, 3.05) is 20.8 Å². The Morgan fingerprint density at radius 3 is 2.32 bits per heavy atom. The van der Waals surface area contributed by atoms with E-state index in [0.717, 1.165) is 16.9 Å². The Morgan fingerprint density at radius 2 is 1.68 bits per heavy atom. The van der Waals surface area contributed by atoms with Gasteiger partial charge >= 0.3 is 5.69 Å². The first kappa shape index (κ1) is 20.6. The molecule has 0 atom stereocenters. The second-order valence-electron chi connectivity index (χ2n) is 7.30. The summed E-state index contributed by atoms with van der Waals surface area (Å²) < 4.78 is 14.8. The van der Waals surface area contributed by atoms with Crippen molar-refractivity contribution in [3.8, 4) is 11.4 Å². The van der Waals surface area contributed by atoms with Gasteiger partial charge in [0.25, 0.3) is 5.56 Å². The molecule has 0 bridgehead atoms. The minimum Gasteiger partial charge on any atom is -0.497 e. The SMILES string of the molecule is COCCn1c(=O)c2c(ncn2Cc2ccc(OC)cc2)n(-c2ccc(C)cc2)c1=O. The standard InChI is InChI=1S/C23H24N4O4/c1-16-4-8-18(9-5-16)27-21-20(22(28)26(23(27)29)12-13-30-2)25(15-24-21)14-17-6-10-19(31-3)11-7-17/h4-11,15H,12-14H2,1-3H3. The summed E-state index contributed by atoms with van der Waals surface area (Å²) in [7, 11) is 3.15. The number of methoxy groups -OCH3 is 2. The van der Waals surface area contributed by atoms with E-state index in [-0.39, 0.29) is 18.7 Å². The zero-order chi connectivity index (χ0) is 22.0. The van der Waals surface area contributed by atoms with Crippen LogP contribution in [0.4, 0.5) is 0 Å². The molecule has 0 saturated carbocycles. The van der Waals surface area contributed by atoms with Crippen LogP contribution in [0.15, 0.2) is 64.4 Å². The maximum Gasteiger partial charge on any atom is 0.337 e. The number of imidazole rings is 1. The first-order valence-corrected chi connectivity index (χ1v) is 9.93. The topological polar surface area (TPSA) is 80.3 Å². The summed E-state index contributed by atoms with van der Waals surface area (Å²) in [5.74, 6) is 0.759. The van der Waals surface area contributed by atoms with Crippen molar-refractivity contribution in [1.82, 2.24) is 18.7 Å². The molecule has 0 fully saturated rings. The number of hydrogen-bond acceptors (Lipinski definition) is 5. The van der Waals surface area contributed by atoms with E-state index in [1.165, 1.54) is 16.2 Å². The van der Waals surface area contributed by atoms with Gasteiger partial charge in [-0.2, -0.15) is 0 Å². The predicted octanol–water partition coefficient (Wildman–Crippen LogP) is 2.36. The summed E-state index contributed by atoms with van der Waals surface area (Å²) in [6.45, 7) is 2.82. The Hall–Kier alpha value is -3.65. The van der Waals surface area contributed by atoms with Gasteiger partial charge < -0.3 is 14.0 Å². The predicted molar refractivity (Wildman–Crippen MR) is 118 cm³/mol. The largest absolute Gasteiger partial charge is 0.497 e. The molecule has 0 amide bonds. The molecule has 160 valence electrons. The van der Waals surface area contributed by atoms with Crippen LogP contribution in [0.3, 0.4) is 0 Å². The molecule has 0 N–H and O–H groups in total. The molecule has 0 saturated heterocycles. The second-order valence-corrected chi connectivity index (χ2v) is 7.30. The molecule has 0 aliphatic heterocycles. The van der Waals surface area contributed by atoms with E-state index < -0.39 is 5.69 Å². The van der Waals surface area contributed by atoms with Gasteiger partial charge in [-0.15, -0.1) is 0 Å². The first-order chi connectivity index (χ1) is 15.0. The van der Waals surface area contributed by atoms with Gasteiger partial charge in [-0.25, -0.2) is 14.3 Å². The molecule has 31 heavy (non-hydrogen) atoms. The summed E-state index contributed by atoms with van der Waals surface area (Å²) in [6.07, 6.45) is 1.60. The number of ether oxygens (including phenoxy) is 2. The molecule has 2 aromatic heterocycles. The highest BCUT2D eigenvalue weighted by molar-refractivity contribution is 5.72. The molecule has 0 aliphatic rings. The lowest BCUT2D eigenvalue weighted by molar-refractivity contribution is 0.184. The fourth-order valence-corrected chi connectivity index (χ4v) is 3.53. The molecule has 0 radical (unpaired) electrons. The van der Waals surface area contributed by atoms with E-state index in [9.17, 15) is 9.59 Å². The van der Waals surface area contributed by atoms with Gasteiger partial charge in [0.15, 0.2) is 11.2 Å². The normalized spacial score (nSPS) is 11.2. The summed E-state index contributed by atoms with van der Waals surface area (Å²) >= 11 is 0. The first-order valence-electron chi connectivity index (χ1n) is 9.93. The average Bonchev–Trinajstić information content (AvgIpc) is 3.19. The summed E-state index contributed by atoms with van der Waals surface area (Å²) in [5, 5.41) is 0. The van der Waals surface area contributed by atoms with Gasteiger partial charge in [0.2, 0.25) is 0 Å². The van der Waals surface area contributed by atoms with Crippen molar-refractivity contribution in [3.05, 3.63) is 86.8 Å². The molecule has 0 unspecified atom stereocenters. The van der Waals surface area contributed by atoms with Crippen molar-refractivity contribution in [2.24, 2.45) is 0 Å². The Balaban J connectivity index is 1.91. The number of aryl methyl sites for hydroxylation is 1. The van der Waals surface area contributed by atoms with Gasteiger partial charge in [0.1, 0.15) is 5.75 Å². The quantitative estimate of drug-likeness (QED) is 0.459. The van der Waals surface area contributed by atoms with Crippen molar-refractivity contribution < 1.29 is 9.47 Å². The summed E-state index contributed by atoms with van der Waals surface area (Å²) in [5.41, 5.74) is 2.59. The monoisotopic (exact) mass is 420 g/mol. The highest BCUT2D eigenvalue weighted by atomic mass is 16.5. The molecule has 2 heterocycles. The maximum absolute atomic E-state index is 13.3. The Kier molecular flexibility index (Phi) is 5.73. The van der Waals surface area contributed by atoms with Crippen LogP contribution >= 0.6 is 0 Å². The number of fused-ring (bicyclic) bond motifs is 1. The van der Waals surface area contributed by atoms with Crippen LogP contribution in [-0.2, 0) is 17.8 Å². The van der Waals surface area contributed by atoms with Gasteiger partial charge in [0, 0.05) is 13.7 Å². The van der Waals surface area contributed by atoms with Crippen molar-refractivity contribution in [3.63, 3.8) is 0 Å². The fraction of sp³-hybridized carbons (Fsp3) is 0.261. The Morgan fingerprint density at radius 1 is 0.968 bits per heavy atom. The third kappa shape index (κ3) is 3.89. The molecule has 2 aromatic carbocycles. The zero-order valence-electron chi connectivity index (χ0n) is 17.7. The lowest BCUT2D eigenvalue weighted by Crippen LogP contribution is -2.41. The molecule has 4 rings (SSSR count). The Labute approximate surface area is 178 Å². The minimum atomic E-state index is -0.437. The van der Waals surface area contributed by atoms with Gasteiger partial charge in [-0.3, -0.25) is 9.36 Å². The maximum atomic E-state index is 13.3. The van der Waals surface area contributed by atoms with E-state index in [0.29, 0.717) is 23.4 Å². The van der Waals surface area contributed by atoms with E-state index >= 15 is 0 Å². The van der Waals surface area contributed by atoms with E-state index in [1.54, 1.807) is 18.0 Å². The zero-order valence-corrected chi connectivity index (χ0v) is 17.7. The smallest absolute Gasteiger partial charge is 0.337 e. The summed E-state index contributed by atoms with van der Waals surface area (Å²) in [6, 6.07) is 15.2. The van der Waals surface area contributed by atoms with Crippen LogP contribution in [-0.4, -0.2) is 39.5 Å². The number of aromatic nitrogens is 4. The van der Waals surface area contributed by atoms with Crippen LogP contribution in [0.25, 0.3) is 16.9 Å². The van der Waals surface area contributed by atoms with Gasteiger partial charge in [-0.1, -0.05) is 29.8 Å². The van der Waals surface area contributed by atoms with Gasteiger partial charge in [0.05, 0.1) is 32.3 Å². The van der Waals surface area contributed by atoms with Crippen LogP contribution in [0, 0.1) is 6.92 Å². The third-order valence-electron chi connectivity index (χ3n) is 5.22. The second kappa shape index (κ2) is 8.61. The van der Waals surface area contributed by atoms with Crippen molar-refractivity contribution in [1.29, 1.82) is 0 Å².